The number of rotatable bonds is 11. The molecule has 120 valence electrons. The van der Waals surface area contributed by atoms with Gasteiger partial charge in [-0.15, -0.1) is 0 Å². The minimum absolute atomic E-state index is 0.384. The summed E-state index contributed by atoms with van der Waals surface area (Å²) in [5.41, 5.74) is 8.33. The summed E-state index contributed by atoms with van der Waals surface area (Å²) in [6.45, 7) is 5.08. The Morgan fingerprint density at radius 1 is 1.05 bits per heavy atom. The van der Waals surface area contributed by atoms with Crippen LogP contribution in [0.3, 0.4) is 0 Å². The van der Waals surface area contributed by atoms with E-state index in [1.807, 2.05) is 0 Å². The van der Waals surface area contributed by atoms with Crippen LogP contribution >= 0.6 is 15.9 Å². The first-order valence-electron chi connectivity index (χ1n) is 8.39. The molecule has 1 unspecified atom stereocenters. The first-order chi connectivity index (χ1) is 10.2. The van der Waals surface area contributed by atoms with Gasteiger partial charge in [0.1, 0.15) is 0 Å². The summed E-state index contributed by atoms with van der Waals surface area (Å²) in [4.78, 5) is 0. The van der Waals surface area contributed by atoms with Gasteiger partial charge in [0.05, 0.1) is 0 Å². The molecule has 2 nitrogen and oxygen atoms in total. The molecule has 0 spiro atoms. The molecule has 1 aromatic carbocycles. The molecule has 0 amide bonds. The maximum atomic E-state index is 5.90. The molecule has 21 heavy (non-hydrogen) atoms. The van der Waals surface area contributed by atoms with Crippen LogP contribution in [-0.4, -0.2) is 12.6 Å². The Balaban J connectivity index is 2.25. The van der Waals surface area contributed by atoms with Crippen LogP contribution in [0, 0.1) is 6.92 Å². The van der Waals surface area contributed by atoms with Crippen molar-refractivity contribution < 1.29 is 0 Å². The maximum absolute atomic E-state index is 5.90. The average molecular weight is 355 g/mol. The monoisotopic (exact) mass is 354 g/mol. The second-order valence-corrected chi connectivity index (χ2v) is 6.92. The molecular weight excluding hydrogens is 324 g/mol. The molecule has 0 saturated heterocycles. The Labute approximate surface area is 139 Å². The van der Waals surface area contributed by atoms with Crippen molar-refractivity contribution in [3.8, 4) is 0 Å². The number of hydrogen-bond acceptors (Lipinski definition) is 2. The summed E-state index contributed by atoms with van der Waals surface area (Å²) in [7, 11) is 0. The lowest BCUT2D eigenvalue weighted by Crippen LogP contribution is -2.28. The number of unbranched alkanes of at least 4 members (excludes halogenated alkanes) is 6. The fourth-order valence-corrected chi connectivity index (χ4v) is 3.26. The highest BCUT2D eigenvalue weighted by Crippen LogP contribution is 2.20. The second-order valence-electron chi connectivity index (χ2n) is 6.00. The van der Waals surface area contributed by atoms with Gasteiger partial charge in [-0.25, -0.2) is 0 Å². The number of halogens is 1. The lowest BCUT2D eigenvalue weighted by atomic mass is 10.0. The molecular formula is C18H31BrN2. The smallest absolute Gasteiger partial charge is 0.0383 e. The van der Waals surface area contributed by atoms with Crippen LogP contribution < -0.4 is 11.1 Å². The maximum Gasteiger partial charge on any atom is 0.0383 e. The van der Waals surface area contributed by atoms with Crippen LogP contribution in [0.25, 0.3) is 0 Å². The molecule has 0 saturated carbocycles. The minimum Gasteiger partial charge on any atom is -0.381 e. The number of anilines is 1. The van der Waals surface area contributed by atoms with Gasteiger partial charge in [0, 0.05) is 22.7 Å². The van der Waals surface area contributed by atoms with Crippen molar-refractivity contribution in [1.29, 1.82) is 0 Å². The molecule has 1 atom stereocenters. The highest BCUT2D eigenvalue weighted by atomic mass is 79.9. The quantitative estimate of drug-likeness (QED) is 0.504. The van der Waals surface area contributed by atoms with Crippen LogP contribution in [0.1, 0.15) is 63.9 Å². The van der Waals surface area contributed by atoms with E-state index in [9.17, 15) is 0 Å². The van der Waals surface area contributed by atoms with Gasteiger partial charge in [-0.3, -0.25) is 0 Å². The highest BCUT2D eigenvalue weighted by molar-refractivity contribution is 9.10. The Morgan fingerprint density at radius 3 is 2.33 bits per heavy atom. The van der Waals surface area contributed by atoms with Gasteiger partial charge in [0.25, 0.3) is 0 Å². The van der Waals surface area contributed by atoms with Crippen molar-refractivity contribution >= 4 is 21.6 Å². The lowest BCUT2D eigenvalue weighted by Gasteiger charge is -2.18. The number of hydrogen-bond donors (Lipinski definition) is 2. The van der Waals surface area contributed by atoms with E-state index in [2.05, 4.69) is 53.3 Å². The van der Waals surface area contributed by atoms with Gasteiger partial charge in [-0.05, 0) is 37.1 Å². The first-order valence-corrected chi connectivity index (χ1v) is 9.18. The van der Waals surface area contributed by atoms with Crippen molar-refractivity contribution in [2.24, 2.45) is 5.73 Å². The number of benzene rings is 1. The SMILES string of the molecule is CCCCCCCCCC(CN)Nc1cc(C)cc(Br)c1. The Morgan fingerprint density at radius 2 is 1.71 bits per heavy atom. The molecule has 3 heteroatoms. The van der Waals surface area contributed by atoms with Gasteiger partial charge < -0.3 is 11.1 Å². The summed E-state index contributed by atoms with van der Waals surface area (Å²) in [5.74, 6) is 0. The zero-order valence-electron chi connectivity index (χ0n) is 13.6. The molecule has 0 fully saturated rings. The number of aryl methyl sites for hydroxylation is 1. The fraction of sp³-hybridized carbons (Fsp3) is 0.667. The minimum atomic E-state index is 0.384. The second kappa shape index (κ2) is 11.1. The molecule has 0 aliphatic heterocycles. The van der Waals surface area contributed by atoms with Gasteiger partial charge >= 0.3 is 0 Å². The fourth-order valence-electron chi connectivity index (χ4n) is 2.65. The van der Waals surface area contributed by atoms with Crippen LogP contribution in [0.2, 0.25) is 0 Å². The van der Waals surface area contributed by atoms with E-state index < -0.39 is 0 Å². The van der Waals surface area contributed by atoms with E-state index in [0.717, 1.165) is 10.9 Å². The molecule has 0 bridgehead atoms. The molecule has 0 aliphatic carbocycles. The van der Waals surface area contributed by atoms with Crippen molar-refractivity contribution in [2.45, 2.75) is 71.3 Å². The Bertz CT molecular complexity index is 373. The van der Waals surface area contributed by atoms with Crippen LogP contribution in [0.4, 0.5) is 5.69 Å². The molecule has 1 rings (SSSR count). The van der Waals surface area contributed by atoms with Crippen LogP contribution in [-0.2, 0) is 0 Å². The number of nitrogens with one attached hydrogen (secondary N) is 1. The summed E-state index contributed by atoms with van der Waals surface area (Å²) in [5, 5.41) is 3.57. The summed E-state index contributed by atoms with van der Waals surface area (Å²) in [6.07, 6.45) is 10.6. The van der Waals surface area contributed by atoms with E-state index >= 15 is 0 Å². The largest absolute Gasteiger partial charge is 0.381 e. The highest BCUT2D eigenvalue weighted by Gasteiger charge is 2.07. The van der Waals surface area contributed by atoms with Crippen molar-refractivity contribution in [1.82, 2.24) is 0 Å². The molecule has 0 radical (unpaired) electrons. The van der Waals surface area contributed by atoms with Gasteiger partial charge in [-0.2, -0.15) is 0 Å². The molecule has 0 aromatic heterocycles. The third-order valence-electron chi connectivity index (χ3n) is 3.85. The average Bonchev–Trinajstić information content (AvgIpc) is 2.44. The Hall–Kier alpha value is -0.540. The molecule has 0 heterocycles. The molecule has 0 aliphatic rings. The standard InChI is InChI=1S/C18H31BrN2/c1-3-4-5-6-7-8-9-10-17(14-20)21-18-12-15(2)11-16(19)13-18/h11-13,17,21H,3-10,14,20H2,1-2H3. The van der Waals surface area contributed by atoms with E-state index in [-0.39, 0.29) is 0 Å². The van der Waals surface area contributed by atoms with Crippen molar-refractivity contribution in [2.75, 3.05) is 11.9 Å². The lowest BCUT2D eigenvalue weighted by molar-refractivity contribution is 0.547. The topological polar surface area (TPSA) is 38.0 Å². The molecule has 3 N–H and O–H groups in total. The van der Waals surface area contributed by atoms with Crippen molar-refractivity contribution in [3.05, 3.63) is 28.2 Å². The van der Waals surface area contributed by atoms with E-state index in [4.69, 9.17) is 5.73 Å². The van der Waals surface area contributed by atoms with Gasteiger partial charge in [0.2, 0.25) is 0 Å². The zero-order valence-corrected chi connectivity index (χ0v) is 15.2. The van der Waals surface area contributed by atoms with Crippen molar-refractivity contribution in [3.63, 3.8) is 0 Å². The molecule has 1 aromatic rings. The van der Waals surface area contributed by atoms with E-state index in [1.165, 1.54) is 56.2 Å². The summed E-state index contributed by atoms with van der Waals surface area (Å²) in [6, 6.07) is 6.81. The Kier molecular flexibility index (Phi) is 9.77. The summed E-state index contributed by atoms with van der Waals surface area (Å²) < 4.78 is 1.12. The van der Waals surface area contributed by atoms with Gasteiger partial charge in [0.15, 0.2) is 0 Å². The predicted octanol–water partition coefficient (Wildman–Crippen LogP) is 5.64. The normalized spacial score (nSPS) is 12.4. The van der Waals surface area contributed by atoms with Crippen LogP contribution in [0.5, 0.6) is 0 Å². The zero-order chi connectivity index (χ0) is 15.5. The number of nitrogens with two attached hydrogens (primary N) is 1. The predicted molar refractivity (Wildman–Crippen MR) is 98.0 cm³/mol. The van der Waals surface area contributed by atoms with E-state index in [1.54, 1.807) is 0 Å². The van der Waals surface area contributed by atoms with Crippen LogP contribution in [0.15, 0.2) is 22.7 Å². The summed E-state index contributed by atoms with van der Waals surface area (Å²) >= 11 is 3.55. The van der Waals surface area contributed by atoms with E-state index in [0.29, 0.717) is 12.6 Å². The van der Waals surface area contributed by atoms with Gasteiger partial charge in [-0.1, -0.05) is 67.8 Å². The first kappa shape index (κ1) is 18.5. The third-order valence-corrected chi connectivity index (χ3v) is 4.31. The third kappa shape index (κ3) is 8.47.